The minimum absolute atomic E-state index is 0.0652. The van der Waals surface area contributed by atoms with E-state index in [0.717, 1.165) is 0 Å². The van der Waals surface area contributed by atoms with Gasteiger partial charge in [0.15, 0.2) is 17.3 Å². The van der Waals surface area contributed by atoms with Gasteiger partial charge in [-0.1, -0.05) is 18.2 Å². The number of carboxylic acids is 1. The summed E-state index contributed by atoms with van der Waals surface area (Å²) in [5.74, 6) is -1.54. The van der Waals surface area contributed by atoms with E-state index in [-0.39, 0.29) is 28.2 Å². The van der Waals surface area contributed by atoms with Crippen LogP contribution in [-0.2, 0) is 0 Å². The number of phenols is 1. The van der Waals surface area contributed by atoms with Crippen LogP contribution in [0.25, 0.3) is 0 Å². The predicted octanol–water partition coefficient (Wildman–Crippen LogP) is 2.33. The molecule has 0 aromatic heterocycles. The fourth-order valence-electron chi connectivity index (χ4n) is 1.84. The van der Waals surface area contributed by atoms with Gasteiger partial charge in [0.1, 0.15) is 0 Å². The Bertz CT molecular complexity index is 676. The highest BCUT2D eigenvalue weighted by Gasteiger charge is 2.18. The number of aromatic carboxylic acids is 1. The molecule has 0 saturated heterocycles. The standard InChI is InChI=1S/C15H12O5/c1-20-13-8-9(6-7-12(13)16)14(17)10-4-2-3-5-11(10)15(18)19/h2-8,16H,1H3,(H,18,19). The third-order valence-electron chi connectivity index (χ3n) is 2.84. The molecule has 2 aromatic rings. The normalized spacial score (nSPS) is 10.1. The van der Waals surface area contributed by atoms with Crippen LogP contribution in [0.4, 0.5) is 0 Å². The zero-order valence-electron chi connectivity index (χ0n) is 10.7. The zero-order valence-corrected chi connectivity index (χ0v) is 10.7. The first-order valence-electron chi connectivity index (χ1n) is 5.78. The van der Waals surface area contributed by atoms with Gasteiger partial charge in [0, 0.05) is 11.1 Å². The van der Waals surface area contributed by atoms with E-state index in [1.807, 2.05) is 0 Å². The van der Waals surface area contributed by atoms with Crippen LogP contribution < -0.4 is 4.74 Å². The van der Waals surface area contributed by atoms with Crippen molar-refractivity contribution in [3.63, 3.8) is 0 Å². The Morgan fingerprint density at radius 3 is 2.30 bits per heavy atom. The van der Waals surface area contributed by atoms with E-state index in [2.05, 4.69) is 0 Å². The van der Waals surface area contributed by atoms with E-state index in [0.29, 0.717) is 0 Å². The van der Waals surface area contributed by atoms with E-state index in [1.165, 1.54) is 37.4 Å². The summed E-state index contributed by atoms with van der Waals surface area (Å²) in [6.07, 6.45) is 0. The van der Waals surface area contributed by atoms with E-state index in [4.69, 9.17) is 9.84 Å². The quantitative estimate of drug-likeness (QED) is 0.834. The zero-order chi connectivity index (χ0) is 14.7. The van der Waals surface area contributed by atoms with Gasteiger partial charge in [0.05, 0.1) is 12.7 Å². The Morgan fingerprint density at radius 2 is 1.70 bits per heavy atom. The summed E-state index contributed by atoms with van der Waals surface area (Å²) in [6, 6.07) is 10.1. The summed E-state index contributed by atoms with van der Waals surface area (Å²) in [6.45, 7) is 0. The van der Waals surface area contributed by atoms with Crippen LogP contribution >= 0.6 is 0 Å². The minimum Gasteiger partial charge on any atom is -0.504 e. The van der Waals surface area contributed by atoms with Gasteiger partial charge in [0.2, 0.25) is 0 Å². The lowest BCUT2D eigenvalue weighted by Gasteiger charge is -2.08. The van der Waals surface area contributed by atoms with Gasteiger partial charge < -0.3 is 14.9 Å². The van der Waals surface area contributed by atoms with Gasteiger partial charge in [-0.2, -0.15) is 0 Å². The van der Waals surface area contributed by atoms with E-state index in [9.17, 15) is 14.7 Å². The van der Waals surface area contributed by atoms with Crippen LogP contribution in [0.3, 0.4) is 0 Å². The number of aromatic hydroxyl groups is 1. The van der Waals surface area contributed by atoms with Gasteiger partial charge in [-0.05, 0) is 24.3 Å². The van der Waals surface area contributed by atoms with Crippen LogP contribution in [0.15, 0.2) is 42.5 Å². The fraction of sp³-hybridized carbons (Fsp3) is 0.0667. The second-order valence-electron chi connectivity index (χ2n) is 4.07. The molecular formula is C15H12O5. The molecule has 0 saturated carbocycles. The highest BCUT2D eigenvalue weighted by atomic mass is 16.5. The predicted molar refractivity (Wildman–Crippen MR) is 71.5 cm³/mol. The molecule has 0 bridgehead atoms. The van der Waals surface area contributed by atoms with Crippen LogP contribution in [0.1, 0.15) is 26.3 Å². The number of carbonyl (C=O) groups is 2. The molecule has 2 aromatic carbocycles. The van der Waals surface area contributed by atoms with Crippen molar-refractivity contribution >= 4 is 11.8 Å². The van der Waals surface area contributed by atoms with Crippen molar-refractivity contribution in [2.75, 3.05) is 7.11 Å². The second kappa shape index (κ2) is 5.44. The van der Waals surface area contributed by atoms with Crippen LogP contribution in [0.2, 0.25) is 0 Å². The van der Waals surface area contributed by atoms with Crippen molar-refractivity contribution in [2.24, 2.45) is 0 Å². The molecule has 0 spiro atoms. The highest BCUT2D eigenvalue weighted by Crippen LogP contribution is 2.27. The number of rotatable bonds is 4. The number of hydrogen-bond donors (Lipinski definition) is 2. The molecular weight excluding hydrogens is 260 g/mol. The van der Waals surface area contributed by atoms with Crippen molar-refractivity contribution < 1.29 is 24.5 Å². The molecule has 0 aliphatic rings. The first-order chi connectivity index (χ1) is 9.54. The summed E-state index contributed by atoms with van der Waals surface area (Å²) in [7, 11) is 1.37. The van der Waals surface area contributed by atoms with Gasteiger partial charge >= 0.3 is 5.97 Å². The molecule has 0 radical (unpaired) electrons. The lowest BCUT2D eigenvalue weighted by Crippen LogP contribution is -2.09. The molecule has 5 heteroatoms. The summed E-state index contributed by atoms with van der Waals surface area (Å²) in [4.78, 5) is 23.5. The van der Waals surface area contributed by atoms with Gasteiger partial charge in [-0.25, -0.2) is 4.79 Å². The number of carboxylic acid groups (broad SMARTS) is 1. The monoisotopic (exact) mass is 272 g/mol. The molecule has 0 aliphatic heterocycles. The number of ketones is 1. The number of phenolic OH excluding ortho intramolecular Hbond substituents is 1. The van der Waals surface area contributed by atoms with Crippen molar-refractivity contribution in [1.82, 2.24) is 0 Å². The van der Waals surface area contributed by atoms with E-state index in [1.54, 1.807) is 12.1 Å². The molecule has 0 aliphatic carbocycles. The minimum atomic E-state index is -1.17. The topological polar surface area (TPSA) is 83.8 Å². The fourth-order valence-corrected chi connectivity index (χ4v) is 1.84. The lowest BCUT2D eigenvalue weighted by atomic mass is 9.98. The SMILES string of the molecule is COc1cc(C(=O)c2ccccc2C(=O)O)ccc1O. The highest BCUT2D eigenvalue weighted by molar-refractivity contribution is 6.14. The van der Waals surface area contributed by atoms with Gasteiger partial charge in [-0.15, -0.1) is 0 Å². The first-order valence-corrected chi connectivity index (χ1v) is 5.78. The Hall–Kier alpha value is -2.82. The largest absolute Gasteiger partial charge is 0.504 e. The molecule has 20 heavy (non-hydrogen) atoms. The van der Waals surface area contributed by atoms with Crippen LogP contribution in [0, 0.1) is 0 Å². The van der Waals surface area contributed by atoms with Crippen molar-refractivity contribution in [3.05, 3.63) is 59.2 Å². The third-order valence-corrected chi connectivity index (χ3v) is 2.84. The van der Waals surface area contributed by atoms with Crippen molar-refractivity contribution in [3.8, 4) is 11.5 Å². The Balaban J connectivity index is 2.49. The summed E-state index contributed by atoms with van der Waals surface area (Å²) >= 11 is 0. The molecule has 2 N–H and O–H groups in total. The number of benzene rings is 2. The average molecular weight is 272 g/mol. The van der Waals surface area contributed by atoms with Gasteiger partial charge in [-0.3, -0.25) is 4.79 Å². The maximum atomic E-state index is 12.4. The lowest BCUT2D eigenvalue weighted by molar-refractivity contribution is 0.0693. The summed E-state index contributed by atoms with van der Waals surface area (Å²) in [5, 5.41) is 18.6. The van der Waals surface area contributed by atoms with Crippen LogP contribution in [-0.4, -0.2) is 29.1 Å². The molecule has 0 heterocycles. The number of ether oxygens (including phenoxy) is 1. The summed E-state index contributed by atoms with van der Waals surface area (Å²) < 4.78 is 4.93. The van der Waals surface area contributed by atoms with Crippen LogP contribution in [0.5, 0.6) is 11.5 Å². The molecule has 2 rings (SSSR count). The van der Waals surface area contributed by atoms with E-state index < -0.39 is 11.8 Å². The van der Waals surface area contributed by atoms with E-state index >= 15 is 0 Å². The Labute approximate surface area is 115 Å². The maximum Gasteiger partial charge on any atom is 0.336 e. The molecule has 0 fully saturated rings. The molecule has 0 amide bonds. The average Bonchev–Trinajstić information content (AvgIpc) is 2.47. The maximum absolute atomic E-state index is 12.4. The Kier molecular flexibility index (Phi) is 3.70. The number of hydrogen-bond acceptors (Lipinski definition) is 4. The second-order valence-corrected chi connectivity index (χ2v) is 4.07. The van der Waals surface area contributed by atoms with Crippen molar-refractivity contribution in [2.45, 2.75) is 0 Å². The third kappa shape index (κ3) is 2.47. The molecule has 5 nitrogen and oxygen atoms in total. The van der Waals surface area contributed by atoms with Crippen molar-refractivity contribution in [1.29, 1.82) is 0 Å². The number of methoxy groups -OCH3 is 1. The Morgan fingerprint density at radius 1 is 1.05 bits per heavy atom. The molecule has 102 valence electrons. The molecule has 0 unspecified atom stereocenters. The smallest absolute Gasteiger partial charge is 0.336 e. The summed E-state index contributed by atoms with van der Waals surface area (Å²) in [5.41, 5.74) is 0.269. The van der Waals surface area contributed by atoms with Gasteiger partial charge in [0.25, 0.3) is 0 Å². The first kappa shape index (κ1) is 13.6. The molecule has 0 atom stereocenters. The number of carbonyl (C=O) groups excluding carboxylic acids is 1.